The maximum Gasteiger partial charge on any atom is 0.407 e. The summed E-state index contributed by atoms with van der Waals surface area (Å²) in [4.78, 5) is 39.2. The van der Waals surface area contributed by atoms with Gasteiger partial charge in [0.05, 0.1) is 25.7 Å². The molecule has 0 bridgehead atoms. The van der Waals surface area contributed by atoms with Crippen molar-refractivity contribution in [1.82, 2.24) is 10.6 Å². The largest absolute Gasteiger partial charge is 0.466 e. The van der Waals surface area contributed by atoms with E-state index >= 15 is 0 Å². The predicted molar refractivity (Wildman–Crippen MR) is 175 cm³/mol. The minimum absolute atomic E-state index is 0.106. The molecule has 1 aliphatic carbocycles. The molecule has 11 nitrogen and oxygen atoms in total. The first-order valence-electron chi connectivity index (χ1n) is 16.4. The van der Waals surface area contributed by atoms with Crippen LogP contribution in [0, 0.1) is 0 Å². The zero-order valence-corrected chi connectivity index (χ0v) is 27.5. The van der Waals surface area contributed by atoms with Crippen LogP contribution < -0.4 is 10.6 Å². The molecule has 11 heteroatoms. The number of amides is 2. The third-order valence-electron chi connectivity index (χ3n) is 8.80. The molecule has 0 aromatic heterocycles. The van der Waals surface area contributed by atoms with Gasteiger partial charge >= 0.3 is 12.1 Å². The lowest BCUT2D eigenvalue weighted by Gasteiger charge is -2.31. The van der Waals surface area contributed by atoms with Crippen LogP contribution in [-0.4, -0.2) is 73.7 Å². The summed E-state index contributed by atoms with van der Waals surface area (Å²) in [6.07, 6.45) is -3.83. The Balaban J connectivity index is 1.12. The maximum atomic E-state index is 13.5. The molecule has 2 amide bonds. The third kappa shape index (κ3) is 7.39. The Kier molecular flexibility index (Phi) is 10.1. The quantitative estimate of drug-likeness (QED) is 0.263. The average molecular weight is 659 g/mol. The molecular weight excluding hydrogens is 616 g/mol. The van der Waals surface area contributed by atoms with Crippen LogP contribution in [0.1, 0.15) is 56.7 Å². The van der Waals surface area contributed by atoms with Gasteiger partial charge in [0.2, 0.25) is 5.91 Å². The summed E-state index contributed by atoms with van der Waals surface area (Å²) >= 11 is 0. The van der Waals surface area contributed by atoms with Crippen LogP contribution in [0.3, 0.4) is 0 Å². The van der Waals surface area contributed by atoms with Gasteiger partial charge in [-0.3, -0.25) is 9.59 Å². The number of esters is 1. The first-order valence-corrected chi connectivity index (χ1v) is 16.4. The number of nitrogens with one attached hydrogen (secondary N) is 2. The van der Waals surface area contributed by atoms with Crippen LogP contribution in [0.25, 0.3) is 11.1 Å². The monoisotopic (exact) mass is 658 g/mol. The molecule has 0 spiro atoms. The Bertz CT molecular complexity index is 1570. The van der Waals surface area contributed by atoms with Crippen LogP contribution in [-0.2, 0) is 44.6 Å². The highest BCUT2D eigenvalue weighted by Crippen LogP contribution is 2.44. The summed E-state index contributed by atoms with van der Waals surface area (Å²) in [5.41, 5.74) is 5.34. The fourth-order valence-corrected chi connectivity index (χ4v) is 6.62. The molecule has 2 aliphatic heterocycles. The molecular formula is C37H42N2O9. The number of ether oxygens (including phenoxy) is 6. The first-order chi connectivity index (χ1) is 23.1. The molecule has 254 valence electrons. The average Bonchev–Trinajstić information content (AvgIpc) is 3.68. The Morgan fingerprint density at radius 3 is 2.17 bits per heavy atom. The standard InChI is InChI=1S/C37H42N2O9/c1-5-43-30(40)19-29(31-32(44-20-23-13-7-6-8-14-23)33-35(46-31)48-37(3,4)47-33)39-34(41)22(2)38-36(42)45-21-28-26-17-11-9-15-24(26)25-16-10-12-18-27(25)28/h6-18,22,28-29,31-33,35H,5,19-21H2,1-4H3,(H,38,42)(H,39,41)/t22-,29+,31+,32-,33+,35+/m0/s1. The van der Waals surface area contributed by atoms with E-state index in [2.05, 4.69) is 22.8 Å². The molecule has 2 saturated heterocycles. The van der Waals surface area contributed by atoms with Crippen LogP contribution in [0.15, 0.2) is 78.9 Å². The molecule has 6 rings (SSSR count). The molecule has 0 unspecified atom stereocenters. The van der Waals surface area contributed by atoms with E-state index in [0.29, 0.717) is 0 Å². The van der Waals surface area contributed by atoms with Crippen molar-refractivity contribution in [3.05, 3.63) is 95.6 Å². The summed E-state index contributed by atoms with van der Waals surface area (Å²) in [7, 11) is 0. The summed E-state index contributed by atoms with van der Waals surface area (Å²) in [5, 5.41) is 5.51. The number of benzene rings is 3. The van der Waals surface area contributed by atoms with Crippen molar-refractivity contribution in [2.75, 3.05) is 13.2 Å². The Hall–Kier alpha value is -4.29. The van der Waals surface area contributed by atoms with Gasteiger partial charge in [-0.05, 0) is 55.5 Å². The van der Waals surface area contributed by atoms with E-state index in [9.17, 15) is 14.4 Å². The molecule has 3 aliphatic rings. The van der Waals surface area contributed by atoms with Crippen LogP contribution >= 0.6 is 0 Å². The second-order valence-electron chi connectivity index (χ2n) is 12.6. The smallest absolute Gasteiger partial charge is 0.407 e. The Labute approximate surface area is 280 Å². The zero-order valence-electron chi connectivity index (χ0n) is 27.5. The summed E-state index contributed by atoms with van der Waals surface area (Å²) in [5.74, 6) is -2.09. The van der Waals surface area contributed by atoms with E-state index in [0.717, 1.165) is 27.8 Å². The fourth-order valence-electron chi connectivity index (χ4n) is 6.62. The summed E-state index contributed by atoms with van der Waals surface area (Å²) in [6.45, 7) is 7.34. The van der Waals surface area contributed by atoms with Gasteiger partial charge in [-0.2, -0.15) is 0 Å². The third-order valence-corrected chi connectivity index (χ3v) is 8.80. The van der Waals surface area contributed by atoms with Gasteiger partial charge in [0, 0.05) is 5.92 Å². The first kappa shape index (κ1) is 33.6. The lowest BCUT2D eigenvalue weighted by atomic mass is 9.98. The topological polar surface area (TPSA) is 131 Å². The lowest BCUT2D eigenvalue weighted by Crippen LogP contribution is -2.55. The van der Waals surface area contributed by atoms with Crippen LogP contribution in [0.4, 0.5) is 4.79 Å². The molecule has 48 heavy (non-hydrogen) atoms. The SMILES string of the molecule is CCOC(=O)C[C@@H](NC(=O)[C@H](C)NC(=O)OCC1c2ccccc2-c2ccccc21)[C@H]1O[C@@H]2OC(C)(C)O[C@@H]2[C@H]1OCc1ccccc1. The van der Waals surface area contributed by atoms with E-state index in [-0.39, 0.29) is 32.2 Å². The van der Waals surface area contributed by atoms with Crippen molar-refractivity contribution >= 4 is 18.0 Å². The highest BCUT2D eigenvalue weighted by Gasteiger charge is 2.57. The van der Waals surface area contributed by atoms with Gasteiger partial charge < -0.3 is 39.1 Å². The normalized spacial score (nSPS) is 23.3. The number of carbonyl (C=O) groups excluding carboxylic acids is 3. The van der Waals surface area contributed by atoms with Crippen LogP contribution in [0.5, 0.6) is 0 Å². The van der Waals surface area contributed by atoms with Crippen molar-refractivity contribution in [1.29, 1.82) is 0 Å². The van der Waals surface area contributed by atoms with E-state index in [1.165, 1.54) is 0 Å². The summed E-state index contributed by atoms with van der Waals surface area (Å²) in [6, 6.07) is 23.8. The van der Waals surface area contributed by atoms with Crippen molar-refractivity contribution in [3.63, 3.8) is 0 Å². The minimum atomic E-state index is -0.999. The molecule has 0 radical (unpaired) electrons. The van der Waals surface area contributed by atoms with Gasteiger partial charge in [0.15, 0.2) is 12.1 Å². The van der Waals surface area contributed by atoms with Crippen molar-refractivity contribution in [2.24, 2.45) is 0 Å². The molecule has 6 atom stereocenters. The van der Waals surface area contributed by atoms with E-state index in [1.54, 1.807) is 27.7 Å². The Morgan fingerprint density at radius 2 is 1.50 bits per heavy atom. The molecule has 2 N–H and O–H groups in total. The van der Waals surface area contributed by atoms with Crippen molar-refractivity contribution in [3.8, 4) is 11.1 Å². The van der Waals surface area contributed by atoms with E-state index in [1.807, 2.05) is 66.7 Å². The second kappa shape index (κ2) is 14.4. The minimum Gasteiger partial charge on any atom is -0.466 e. The Morgan fingerprint density at radius 1 is 0.854 bits per heavy atom. The molecule has 2 heterocycles. The van der Waals surface area contributed by atoms with E-state index < -0.39 is 60.4 Å². The number of carbonyl (C=O) groups is 3. The van der Waals surface area contributed by atoms with Crippen molar-refractivity contribution in [2.45, 2.75) is 89.1 Å². The number of rotatable bonds is 12. The van der Waals surface area contributed by atoms with Gasteiger partial charge in [-0.25, -0.2) is 4.79 Å². The number of hydrogen-bond donors (Lipinski definition) is 2. The van der Waals surface area contributed by atoms with Crippen molar-refractivity contribution < 1.29 is 42.8 Å². The molecule has 2 fully saturated rings. The molecule has 3 aromatic rings. The highest BCUT2D eigenvalue weighted by molar-refractivity contribution is 5.86. The van der Waals surface area contributed by atoms with Gasteiger partial charge in [-0.1, -0.05) is 78.9 Å². The number of hydrogen-bond acceptors (Lipinski definition) is 9. The van der Waals surface area contributed by atoms with Gasteiger partial charge in [-0.15, -0.1) is 0 Å². The number of fused-ring (bicyclic) bond motifs is 4. The maximum absolute atomic E-state index is 13.5. The van der Waals surface area contributed by atoms with Gasteiger partial charge in [0.1, 0.15) is 31.0 Å². The summed E-state index contributed by atoms with van der Waals surface area (Å²) < 4.78 is 35.6. The fraction of sp³-hybridized carbons (Fsp3) is 0.432. The van der Waals surface area contributed by atoms with Crippen LogP contribution in [0.2, 0.25) is 0 Å². The molecule has 3 aromatic carbocycles. The van der Waals surface area contributed by atoms with Gasteiger partial charge in [0.25, 0.3) is 0 Å². The molecule has 0 saturated carbocycles. The highest BCUT2D eigenvalue weighted by atomic mass is 16.8. The zero-order chi connectivity index (χ0) is 33.8. The van der Waals surface area contributed by atoms with E-state index in [4.69, 9.17) is 28.4 Å². The lowest BCUT2D eigenvalue weighted by molar-refractivity contribution is -0.223. The second-order valence-corrected chi connectivity index (χ2v) is 12.6. The predicted octanol–water partition coefficient (Wildman–Crippen LogP) is 4.81. The number of alkyl carbamates (subject to hydrolysis) is 1.